The fraction of sp³-hybridized carbons (Fsp3) is 0.379. The number of hydrogen-bond acceptors (Lipinski definition) is 6. The molecule has 0 atom stereocenters. The van der Waals surface area contributed by atoms with Gasteiger partial charge in [-0.1, -0.05) is 28.9 Å². The SMILES string of the molecule is Cc1ccc(CC(=O)c2cc(NCCN3CCCC3)c(Cl)c(C(F)(F)F)c2)cc1-n1cc(-c2cnn(C)c2C)nn1. The molecule has 0 saturated carbocycles. The van der Waals surface area contributed by atoms with E-state index in [9.17, 15) is 18.0 Å². The second-order valence-corrected chi connectivity index (χ2v) is 10.8. The van der Waals surface area contributed by atoms with E-state index in [2.05, 4.69) is 25.6 Å². The molecule has 0 spiro atoms. The molecule has 1 saturated heterocycles. The number of rotatable bonds is 9. The molecule has 0 bridgehead atoms. The number of nitrogens with one attached hydrogen (secondary N) is 1. The molecule has 4 aromatic rings. The molecule has 1 fully saturated rings. The standard InChI is InChI=1S/C29H31ClF3N7O/c1-18-6-7-20(12-26(18)40-17-25(36-37-40)22-16-35-38(3)19(22)2)13-27(41)21-14-23(29(31,32)33)28(30)24(15-21)34-8-11-39-9-4-5-10-39/h6-7,12,14-17,34H,4-5,8-11,13H2,1-3H3. The second kappa shape index (κ2) is 11.7. The maximum Gasteiger partial charge on any atom is 0.417 e. The molecule has 0 unspecified atom stereocenters. The number of alkyl halides is 3. The molecular formula is C29H31ClF3N7O. The molecule has 5 rings (SSSR count). The van der Waals surface area contributed by atoms with Gasteiger partial charge in [-0.15, -0.1) is 5.10 Å². The fourth-order valence-electron chi connectivity index (χ4n) is 5.03. The lowest BCUT2D eigenvalue weighted by Crippen LogP contribution is -2.26. The summed E-state index contributed by atoms with van der Waals surface area (Å²) in [6.07, 6.45) is 0.948. The molecular weight excluding hydrogens is 555 g/mol. The summed E-state index contributed by atoms with van der Waals surface area (Å²) in [5.74, 6) is -0.449. The smallest absolute Gasteiger partial charge is 0.383 e. The van der Waals surface area contributed by atoms with E-state index in [0.29, 0.717) is 30.0 Å². The first-order valence-corrected chi connectivity index (χ1v) is 13.8. The van der Waals surface area contributed by atoms with E-state index in [1.54, 1.807) is 33.9 Å². The van der Waals surface area contributed by atoms with Crippen LogP contribution in [0.4, 0.5) is 18.9 Å². The van der Waals surface area contributed by atoms with Crippen LogP contribution >= 0.6 is 11.6 Å². The van der Waals surface area contributed by atoms with Crippen LogP contribution in [0.25, 0.3) is 16.9 Å². The minimum absolute atomic E-state index is 0.0531. The van der Waals surface area contributed by atoms with Crippen molar-refractivity contribution in [3.05, 3.63) is 75.7 Å². The number of carbonyl (C=O) groups is 1. The van der Waals surface area contributed by atoms with Crippen LogP contribution in [0.2, 0.25) is 5.02 Å². The number of carbonyl (C=O) groups excluding carboxylic acids is 1. The molecule has 0 radical (unpaired) electrons. The Hall–Kier alpha value is -3.70. The van der Waals surface area contributed by atoms with Gasteiger partial charge in [0.05, 0.1) is 34.4 Å². The van der Waals surface area contributed by atoms with Crippen LogP contribution in [0.5, 0.6) is 0 Å². The average molecular weight is 586 g/mol. The van der Waals surface area contributed by atoms with Crippen molar-refractivity contribution in [2.75, 3.05) is 31.5 Å². The Morgan fingerprint density at radius 3 is 2.56 bits per heavy atom. The highest BCUT2D eigenvalue weighted by atomic mass is 35.5. The van der Waals surface area contributed by atoms with Gasteiger partial charge in [-0.25, -0.2) is 4.68 Å². The summed E-state index contributed by atoms with van der Waals surface area (Å²) < 4.78 is 44.9. The third kappa shape index (κ3) is 6.31. The molecule has 12 heteroatoms. The number of ketones is 1. The first-order chi connectivity index (χ1) is 19.5. The molecule has 216 valence electrons. The normalized spacial score (nSPS) is 14.1. The van der Waals surface area contributed by atoms with Crippen LogP contribution in [0.15, 0.2) is 42.7 Å². The van der Waals surface area contributed by atoms with Crippen molar-refractivity contribution in [1.82, 2.24) is 29.7 Å². The minimum Gasteiger partial charge on any atom is -0.383 e. The molecule has 41 heavy (non-hydrogen) atoms. The number of hydrogen-bond donors (Lipinski definition) is 1. The summed E-state index contributed by atoms with van der Waals surface area (Å²) in [5.41, 5.74) is 3.73. The third-order valence-electron chi connectivity index (χ3n) is 7.53. The van der Waals surface area contributed by atoms with E-state index in [0.717, 1.165) is 48.8 Å². The summed E-state index contributed by atoms with van der Waals surface area (Å²) in [6.45, 7) is 6.90. The van der Waals surface area contributed by atoms with Gasteiger partial charge in [0.1, 0.15) is 5.69 Å². The zero-order valence-electron chi connectivity index (χ0n) is 23.1. The minimum atomic E-state index is -4.70. The van der Waals surface area contributed by atoms with Gasteiger partial charge in [0.15, 0.2) is 5.78 Å². The van der Waals surface area contributed by atoms with Gasteiger partial charge in [0.25, 0.3) is 0 Å². The number of anilines is 1. The lowest BCUT2D eigenvalue weighted by molar-refractivity contribution is -0.137. The van der Waals surface area contributed by atoms with Gasteiger partial charge in [0, 0.05) is 43.4 Å². The van der Waals surface area contributed by atoms with Crippen LogP contribution in [0, 0.1) is 13.8 Å². The van der Waals surface area contributed by atoms with Crippen molar-refractivity contribution in [3.63, 3.8) is 0 Å². The highest BCUT2D eigenvalue weighted by Crippen LogP contribution is 2.39. The van der Waals surface area contributed by atoms with Crippen molar-refractivity contribution in [2.24, 2.45) is 7.05 Å². The van der Waals surface area contributed by atoms with Crippen molar-refractivity contribution >= 4 is 23.1 Å². The zero-order chi connectivity index (χ0) is 29.3. The average Bonchev–Trinajstić information content (AvgIpc) is 3.68. The van der Waals surface area contributed by atoms with Gasteiger partial charge in [-0.2, -0.15) is 18.3 Å². The second-order valence-electron chi connectivity index (χ2n) is 10.4. The molecule has 1 aliphatic rings. The van der Waals surface area contributed by atoms with Crippen LogP contribution in [-0.2, 0) is 19.6 Å². The van der Waals surface area contributed by atoms with E-state index in [1.807, 2.05) is 27.0 Å². The summed E-state index contributed by atoms with van der Waals surface area (Å²) >= 11 is 6.16. The molecule has 1 N–H and O–H groups in total. The maximum absolute atomic E-state index is 13.9. The first-order valence-electron chi connectivity index (χ1n) is 13.4. The van der Waals surface area contributed by atoms with Crippen LogP contribution in [-0.4, -0.2) is 61.6 Å². The van der Waals surface area contributed by atoms with Gasteiger partial charge >= 0.3 is 6.18 Å². The summed E-state index contributed by atoms with van der Waals surface area (Å²) in [5, 5.41) is 15.4. The Bertz CT molecular complexity index is 1570. The number of halogens is 4. The number of aryl methyl sites for hydroxylation is 2. The van der Waals surface area contributed by atoms with Gasteiger partial charge in [0.2, 0.25) is 0 Å². The van der Waals surface area contributed by atoms with Crippen LogP contribution in [0.3, 0.4) is 0 Å². The number of benzene rings is 2. The predicted octanol–water partition coefficient (Wildman–Crippen LogP) is 5.89. The largest absolute Gasteiger partial charge is 0.417 e. The Morgan fingerprint density at radius 2 is 1.88 bits per heavy atom. The lowest BCUT2D eigenvalue weighted by Gasteiger charge is -2.19. The van der Waals surface area contributed by atoms with Gasteiger partial charge < -0.3 is 10.2 Å². The molecule has 2 aromatic carbocycles. The number of aromatic nitrogens is 5. The fourth-order valence-corrected chi connectivity index (χ4v) is 5.31. The molecule has 8 nitrogen and oxygen atoms in total. The van der Waals surface area contributed by atoms with Crippen LogP contribution < -0.4 is 5.32 Å². The van der Waals surface area contributed by atoms with Crippen molar-refractivity contribution < 1.29 is 18.0 Å². The number of likely N-dealkylation sites (tertiary alicyclic amines) is 1. The highest BCUT2D eigenvalue weighted by Gasteiger charge is 2.35. The Balaban J connectivity index is 1.38. The van der Waals surface area contributed by atoms with Crippen molar-refractivity contribution in [2.45, 2.75) is 39.3 Å². The zero-order valence-corrected chi connectivity index (χ0v) is 23.9. The predicted molar refractivity (Wildman–Crippen MR) is 152 cm³/mol. The Labute approximate surface area is 241 Å². The lowest BCUT2D eigenvalue weighted by atomic mass is 9.98. The number of nitrogens with zero attached hydrogens (tertiary/aromatic N) is 6. The molecule has 0 aliphatic carbocycles. The van der Waals surface area contributed by atoms with Gasteiger partial charge in [-0.3, -0.25) is 9.48 Å². The quantitative estimate of drug-likeness (QED) is 0.247. The van der Waals surface area contributed by atoms with E-state index in [1.165, 1.54) is 6.07 Å². The number of Topliss-reactive ketones (excluding diaryl/α,β-unsaturated/α-hetero) is 1. The maximum atomic E-state index is 13.9. The molecule has 0 amide bonds. The van der Waals surface area contributed by atoms with E-state index < -0.39 is 22.5 Å². The highest BCUT2D eigenvalue weighted by molar-refractivity contribution is 6.34. The van der Waals surface area contributed by atoms with Crippen molar-refractivity contribution in [1.29, 1.82) is 0 Å². The Kier molecular flexibility index (Phi) is 8.19. The monoisotopic (exact) mass is 585 g/mol. The van der Waals surface area contributed by atoms with E-state index in [-0.39, 0.29) is 17.7 Å². The first kappa shape index (κ1) is 28.8. The molecule has 1 aliphatic heterocycles. The summed E-state index contributed by atoms with van der Waals surface area (Å²) in [4.78, 5) is 15.6. The van der Waals surface area contributed by atoms with E-state index in [4.69, 9.17) is 11.6 Å². The van der Waals surface area contributed by atoms with Crippen molar-refractivity contribution in [3.8, 4) is 16.9 Å². The van der Waals surface area contributed by atoms with Gasteiger partial charge in [-0.05, 0) is 69.1 Å². The topological polar surface area (TPSA) is 80.9 Å². The Morgan fingerprint density at radius 1 is 1.12 bits per heavy atom. The molecule has 2 aromatic heterocycles. The summed E-state index contributed by atoms with van der Waals surface area (Å²) in [6, 6.07) is 7.69. The van der Waals surface area contributed by atoms with E-state index >= 15 is 0 Å². The summed E-state index contributed by atoms with van der Waals surface area (Å²) in [7, 11) is 1.85. The third-order valence-corrected chi connectivity index (χ3v) is 7.94. The molecule has 3 heterocycles. The van der Waals surface area contributed by atoms with Crippen LogP contribution in [0.1, 0.15) is 45.6 Å².